The Hall–Kier alpha value is -0.465. The Labute approximate surface area is 70.4 Å². The maximum atomic E-state index is 10.9. The molecular formula is C8H18BNO. The van der Waals surface area contributed by atoms with E-state index in [-0.39, 0.29) is 5.91 Å². The molecule has 1 amide bonds. The van der Waals surface area contributed by atoms with Crippen molar-refractivity contribution in [2.24, 2.45) is 5.92 Å². The molecular weight excluding hydrogens is 137 g/mol. The van der Waals surface area contributed by atoms with Crippen LogP contribution in [0.4, 0.5) is 0 Å². The zero-order valence-electron chi connectivity index (χ0n) is 8.22. The van der Waals surface area contributed by atoms with Crippen molar-refractivity contribution >= 4 is 13.8 Å². The molecule has 1 atom stereocenters. The van der Waals surface area contributed by atoms with Gasteiger partial charge >= 0.3 is 0 Å². The molecule has 0 saturated carbocycles. The summed E-state index contributed by atoms with van der Waals surface area (Å²) in [5.41, 5.74) is 0. The summed E-state index contributed by atoms with van der Waals surface area (Å²) in [7, 11) is 3.94. The smallest absolute Gasteiger partial charge is 0.218 e. The normalized spacial score (nSPS) is 13.2. The summed E-state index contributed by atoms with van der Waals surface area (Å²) in [6.07, 6.45) is 1.08. The van der Waals surface area contributed by atoms with Gasteiger partial charge in [-0.1, -0.05) is 13.8 Å². The second kappa shape index (κ2) is 4.42. The quantitative estimate of drug-likeness (QED) is 0.542. The molecule has 0 spiro atoms. The molecule has 0 radical (unpaired) electrons. The van der Waals surface area contributed by atoms with Gasteiger partial charge in [-0.05, 0) is 18.3 Å². The van der Waals surface area contributed by atoms with Gasteiger partial charge in [0.15, 0.2) is 0 Å². The van der Waals surface area contributed by atoms with Crippen LogP contribution in [0.2, 0.25) is 0 Å². The molecule has 0 aromatic carbocycles. The Kier molecular flexibility index (Phi) is 4.23. The van der Waals surface area contributed by atoms with Crippen LogP contribution in [0, 0.1) is 5.92 Å². The first-order valence-corrected chi connectivity index (χ1v) is 4.18. The summed E-state index contributed by atoms with van der Waals surface area (Å²) in [4.78, 5) is 12.7. The van der Waals surface area contributed by atoms with Crippen molar-refractivity contribution in [3.8, 4) is 0 Å². The lowest BCUT2D eigenvalue weighted by Gasteiger charge is -2.25. The topological polar surface area (TPSA) is 20.3 Å². The molecule has 0 rings (SSSR count). The van der Waals surface area contributed by atoms with Gasteiger partial charge in [-0.3, -0.25) is 4.79 Å². The predicted octanol–water partition coefficient (Wildman–Crippen LogP) is 0.470. The molecule has 0 aromatic rings. The fraction of sp³-hybridized carbons (Fsp3) is 0.875. The third kappa shape index (κ3) is 4.07. The first-order valence-electron chi connectivity index (χ1n) is 4.18. The lowest BCUT2D eigenvalue weighted by molar-refractivity contribution is -0.128. The van der Waals surface area contributed by atoms with E-state index in [4.69, 9.17) is 0 Å². The van der Waals surface area contributed by atoms with Gasteiger partial charge in [0.1, 0.15) is 7.85 Å². The summed E-state index contributed by atoms with van der Waals surface area (Å²) in [6, 6.07) is 0. The highest BCUT2D eigenvalue weighted by atomic mass is 16.2. The van der Waals surface area contributed by atoms with Gasteiger partial charge in [0.05, 0.1) is 0 Å². The van der Waals surface area contributed by atoms with Crippen molar-refractivity contribution in [3.05, 3.63) is 0 Å². The minimum atomic E-state index is 0.151. The second-order valence-corrected chi connectivity index (χ2v) is 3.61. The van der Waals surface area contributed by atoms with E-state index >= 15 is 0 Å². The van der Waals surface area contributed by atoms with Crippen LogP contribution in [0.25, 0.3) is 0 Å². The predicted molar refractivity (Wildman–Crippen MR) is 50.2 cm³/mol. The molecule has 11 heavy (non-hydrogen) atoms. The second-order valence-electron chi connectivity index (χ2n) is 3.61. The van der Waals surface area contributed by atoms with Crippen LogP contribution in [0.15, 0.2) is 0 Å². The minimum Gasteiger partial charge on any atom is -0.351 e. The molecule has 2 nitrogen and oxygen atoms in total. The SMILES string of the molecule is BC(CC(C)C)N(C)C(C)=O. The number of carbonyl (C=O) groups excluding carboxylic acids is 1. The van der Waals surface area contributed by atoms with E-state index in [2.05, 4.69) is 21.7 Å². The minimum absolute atomic E-state index is 0.151. The van der Waals surface area contributed by atoms with E-state index in [9.17, 15) is 4.79 Å². The zero-order valence-corrected chi connectivity index (χ0v) is 8.22. The fourth-order valence-corrected chi connectivity index (χ4v) is 1.15. The molecule has 0 saturated heterocycles. The molecule has 3 heteroatoms. The average molecular weight is 155 g/mol. The Morgan fingerprint density at radius 2 is 2.00 bits per heavy atom. The lowest BCUT2D eigenvalue weighted by atomic mass is 9.87. The molecule has 0 aliphatic carbocycles. The molecule has 0 aromatic heterocycles. The van der Waals surface area contributed by atoms with E-state index in [1.165, 1.54) is 0 Å². The molecule has 0 N–H and O–H groups in total. The Morgan fingerprint density at radius 3 is 2.27 bits per heavy atom. The molecule has 0 aliphatic rings. The maximum Gasteiger partial charge on any atom is 0.218 e. The first kappa shape index (κ1) is 10.5. The van der Waals surface area contributed by atoms with Crippen molar-refractivity contribution in [2.75, 3.05) is 7.05 Å². The number of nitrogens with zero attached hydrogens (tertiary/aromatic N) is 1. The van der Waals surface area contributed by atoms with Crippen LogP contribution >= 0.6 is 0 Å². The zero-order chi connectivity index (χ0) is 9.02. The van der Waals surface area contributed by atoms with Crippen LogP contribution < -0.4 is 0 Å². The molecule has 64 valence electrons. The number of carbonyl (C=O) groups is 1. The summed E-state index contributed by atoms with van der Waals surface area (Å²) in [5, 5.41) is 0. The molecule has 0 aliphatic heterocycles. The maximum absolute atomic E-state index is 10.9. The van der Waals surface area contributed by atoms with Gasteiger partial charge in [0, 0.05) is 14.0 Å². The van der Waals surface area contributed by atoms with Crippen molar-refractivity contribution in [3.63, 3.8) is 0 Å². The van der Waals surface area contributed by atoms with Crippen LogP contribution in [-0.2, 0) is 4.79 Å². The van der Waals surface area contributed by atoms with Gasteiger partial charge in [-0.15, -0.1) is 0 Å². The van der Waals surface area contributed by atoms with Crippen molar-refractivity contribution in [2.45, 2.75) is 33.1 Å². The van der Waals surface area contributed by atoms with Crippen molar-refractivity contribution in [1.29, 1.82) is 0 Å². The van der Waals surface area contributed by atoms with E-state index in [1.54, 1.807) is 11.8 Å². The van der Waals surface area contributed by atoms with Crippen LogP contribution in [0.3, 0.4) is 0 Å². The van der Waals surface area contributed by atoms with E-state index in [1.807, 2.05) is 7.05 Å². The van der Waals surface area contributed by atoms with E-state index < -0.39 is 0 Å². The van der Waals surface area contributed by atoms with Crippen LogP contribution in [-0.4, -0.2) is 31.6 Å². The van der Waals surface area contributed by atoms with Crippen molar-refractivity contribution < 1.29 is 4.79 Å². The highest BCUT2D eigenvalue weighted by Gasteiger charge is 2.12. The Balaban J connectivity index is 3.82. The number of amides is 1. The van der Waals surface area contributed by atoms with Crippen molar-refractivity contribution in [1.82, 2.24) is 4.90 Å². The standard InChI is InChI=1S/C8H18BNO/c1-6(2)5-8(9)10(4)7(3)11/h6,8H,5,9H2,1-4H3. The summed E-state index contributed by atoms with van der Waals surface area (Å²) >= 11 is 0. The molecule has 1 unspecified atom stereocenters. The largest absolute Gasteiger partial charge is 0.351 e. The van der Waals surface area contributed by atoms with Gasteiger partial charge in [-0.2, -0.15) is 0 Å². The number of hydrogen-bond acceptors (Lipinski definition) is 1. The van der Waals surface area contributed by atoms with E-state index in [0.717, 1.165) is 6.42 Å². The number of rotatable bonds is 3. The third-order valence-electron chi connectivity index (χ3n) is 1.97. The van der Waals surface area contributed by atoms with E-state index in [0.29, 0.717) is 11.9 Å². The van der Waals surface area contributed by atoms with Crippen LogP contribution in [0.1, 0.15) is 27.2 Å². The molecule has 0 bridgehead atoms. The van der Waals surface area contributed by atoms with Gasteiger partial charge in [0.2, 0.25) is 5.91 Å². The molecule has 0 heterocycles. The Bertz CT molecular complexity index is 136. The first-order chi connectivity index (χ1) is 4.95. The lowest BCUT2D eigenvalue weighted by Crippen LogP contribution is -2.36. The monoisotopic (exact) mass is 155 g/mol. The molecule has 0 fully saturated rings. The highest BCUT2D eigenvalue weighted by Crippen LogP contribution is 2.06. The van der Waals surface area contributed by atoms with Gasteiger partial charge in [-0.25, -0.2) is 0 Å². The number of hydrogen-bond donors (Lipinski definition) is 0. The average Bonchev–Trinajstić information content (AvgIpc) is 1.84. The Morgan fingerprint density at radius 1 is 1.55 bits per heavy atom. The van der Waals surface area contributed by atoms with Gasteiger partial charge < -0.3 is 4.90 Å². The van der Waals surface area contributed by atoms with Crippen LogP contribution in [0.5, 0.6) is 0 Å². The summed E-state index contributed by atoms with van der Waals surface area (Å²) in [6.45, 7) is 5.95. The fourth-order valence-electron chi connectivity index (χ4n) is 1.15. The van der Waals surface area contributed by atoms with Gasteiger partial charge in [0.25, 0.3) is 0 Å². The third-order valence-corrected chi connectivity index (χ3v) is 1.97. The summed E-state index contributed by atoms with van der Waals surface area (Å²) < 4.78 is 0. The highest BCUT2D eigenvalue weighted by molar-refractivity contribution is 6.12. The summed E-state index contributed by atoms with van der Waals surface area (Å²) in [5.74, 6) is 1.18.